The van der Waals surface area contributed by atoms with Crippen LogP contribution in [0.3, 0.4) is 0 Å². The normalized spacial score (nSPS) is 22.0. The van der Waals surface area contributed by atoms with E-state index in [1.807, 2.05) is 0 Å². The van der Waals surface area contributed by atoms with E-state index in [4.69, 9.17) is 0 Å². The molecule has 0 aromatic heterocycles. The van der Waals surface area contributed by atoms with Crippen molar-refractivity contribution in [2.75, 3.05) is 6.54 Å². The maximum Gasteiger partial charge on any atom is 0.0175 e. The number of benzene rings is 1. The highest BCUT2D eigenvalue weighted by molar-refractivity contribution is 9.10. The zero-order valence-electron chi connectivity index (χ0n) is 11.0. The van der Waals surface area contributed by atoms with Crippen LogP contribution in [0.15, 0.2) is 28.7 Å². The first-order valence-corrected chi connectivity index (χ1v) is 7.27. The van der Waals surface area contributed by atoms with Crippen molar-refractivity contribution in [1.82, 2.24) is 4.90 Å². The first-order valence-electron chi connectivity index (χ1n) is 6.48. The lowest BCUT2D eigenvalue weighted by molar-refractivity contribution is 0.121. The van der Waals surface area contributed by atoms with E-state index in [2.05, 4.69) is 65.9 Å². The smallest absolute Gasteiger partial charge is 0.0175 e. The fourth-order valence-electron chi connectivity index (χ4n) is 2.82. The van der Waals surface area contributed by atoms with Gasteiger partial charge in [0.2, 0.25) is 0 Å². The zero-order chi connectivity index (χ0) is 12.5. The summed E-state index contributed by atoms with van der Waals surface area (Å²) in [6, 6.07) is 9.49. The van der Waals surface area contributed by atoms with Crippen molar-refractivity contribution in [2.24, 2.45) is 0 Å². The number of hydrogen-bond donors (Lipinski definition) is 0. The van der Waals surface area contributed by atoms with Crippen molar-refractivity contribution in [3.05, 3.63) is 34.3 Å². The van der Waals surface area contributed by atoms with E-state index in [0.29, 0.717) is 5.54 Å². The van der Waals surface area contributed by atoms with Crippen LogP contribution < -0.4 is 0 Å². The van der Waals surface area contributed by atoms with Gasteiger partial charge >= 0.3 is 0 Å². The third kappa shape index (κ3) is 3.32. The van der Waals surface area contributed by atoms with Gasteiger partial charge in [0.25, 0.3) is 0 Å². The van der Waals surface area contributed by atoms with Gasteiger partial charge in [0.15, 0.2) is 0 Å². The second-order valence-electron chi connectivity index (χ2n) is 5.99. The Morgan fingerprint density at radius 3 is 2.47 bits per heavy atom. The van der Waals surface area contributed by atoms with E-state index < -0.39 is 0 Å². The van der Waals surface area contributed by atoms with Crippen LogP contribution in [-0.2, 0) is 6.42 Å². The van der Waals surface area contributed by atoms with Gasteiger partial charge in [-0.2, -0.15) is 0 Å². The number of rotatable bonds is 2. The SMILES string of the molecule is CC(C)(C)N1CCCC1Cc1ccc(Br)cc1. The molecule has 94 valence electrons. The van der Waals surface area contributed by atoms with Gasteiger partial charge in [-0.05, 0) is 64.3 Å². The van der Waals surface area contributed by atoms with E-state index in [-0.39, 0.29) is 0 Å². The molecule has 0 bridgehead atoms. The molecule has 0 radical (unpaired) electrons. The molecule has 1 saturated heterocycles. The molecule has 0 aliphatic carbocycles. The Labute approximate surface area is 113 Å². The average Bonchev–Trinajstić information content (AvgIpc) is 2.69. The molecule has 1 aromatic rings. The Hall–Kier alpha value is -0.340. The van der Waals surface area contributed by atoms with E-state index in [0.717, 1.165) is 6.04 Å². The molecule has 2 heteroatoms. The summed E-state index contributed by atoms with van der Waals surface area (Å²) in [5.41, 5.74) is 1.76. The van der Waals surface area contributed by atoms with Crippen molar-refractivity contribution >= 4 is 15.9 Å². The molecule has 0 saturated carbocycles. The summed E-state index contributed by atoms with van der Waals surface area (Å²) in [7, 11) is 0. The Morgan fingerprint density at radius 2 is 1.88 bits per heavy atom. The van der Waals surface area contributed by atoms with Crippen molar-refractivity contribution in [1.29, 1.82) is 0 Å². The van der Waals surface area contributed by atoms with Crippen molar-refractivity contribution < 1.29 is 0 Å². The lowest BCUT2D eigenvalue weighted by Crippen LogP contribution is -2.45. The summed E-state index contributed by atoms with van der Waals surface area (Å²) < 4.78 is 1.17. The van der Waals surface area contributed by atoms with Gasteiger partial charge in [0.1, 0.15) is 0 Å². The van der Waals surface area contributed by atoms with Crippen LogP contribution >= 0.6 is 15.9 Å². The third-order valence-corrected chi connectivity index (χ3v) is 4.15. The summed E-state index contributed by atoms with van der Waals surface area (Å²) in [4.78, 5) is 2.66. The minimum atomic E-state index is 0.302. The van der Waals surface area contributed by atoms with E-state index in [9.17, 15) is 0 Å². The molecule has 1 heterocycles. The molecule has 1 fully saturated rings. The van der Waals surface area contributed by atoms with Crippen molar-refractivity contribution in [3.8, 4) is 0 Å². The van der Waals surface area contributed by atoms with Gasteiger partial charge in [0, 0.05) is 16.1 Å². The van der Waals surface area contributed by atoms with Gasteiger partial charge in [-0.1, -0.05) is 28.1 Å². The van der Waals surface area contributed by atoms with Gasteiger partial charge < -0.3 is 0 Å². The maximum atomic E-state index is 3.49. The highest BCUT2D eigenvalue weighted by Crippen LogP contribution is 2.28. The van der Waals surface area contributed by atoms with E-state index in [1.165, 1.54) is 35.8 Å². The monoisotopic (exact) mass is 295 g/mol. The van der Waals surface area contributed by atoms with Crippen LogP contribution in [-0.4, -0.2) is 23.0 Å². The Balaban J connectivity index is 2.05. The molecule has 1 aromatic carbocycles. The van der Waals surface area contributed by atoms with Crippen LogP contribution in [0.1, 0.15) is 39.2 Å². The summed E-state index contributed by atoms with van der Waals surface area (Å²) in [6.45, 7) is 8.23. The molecule has 1 atom stereocenters. The third-order valence-electron chi connectivity index (χ3n) is 3.62. The fraction of sp³-hybridized carbons (Fsp3) is 0.600. The van der Waals surface area contributed by atoms with Gasteiger partial charge in [0.05, 0.1) is 0 Å². The van der Waals surface area contributed by atoms with Crippen LogP contribution in [0.5, 0.6) is 0 Å². The quantitative estimate of drug-likeness (QED) is 0.788. The van der Waals surface area contributed by atoms with Crippen LogP contribution in [0.2, 0.25) is 0 Å². The lowest BCUT2D eigenvalue weighted by Gasteiger charge is -2.37. The number of nitrogens with zero attached hydrogens (tertiary/aromatic N) is 1. The molecule has 1 nitrogen and oxygen atoms in total. The predicted octanol–water partition coefficient (Wildman–Crippen LogP) is 4.25. The molecule has 1 aliphatic rings. The van der Waals surface area contributed by atoms with Gasteiger partial charge in [-0.25, -0.2) is 0 Å². The van der Waals surface area contributed by atoms with Crippen molar-refractivity contribution in [3.63, 3.8) is 0 Å². The molecular weight excluding hydrogens is 274 g/mol. The molecule has 0 N–H and O–H groups in total. The molecule has 2 rings (SSSR count). The minimum Gasteiger partial charge on any atom is -0.295 e. The molecule has 0 spiro atoms. The minimum absolute atomic E-state index is 0.302. The Kier molecular flexibility index (Phi) is 3.94. The molecule has 1 aliphatic heterocycles. The molecule has 0 amide bonds. The van der Waals surface area contributed by atoms with Crippen molar-refractivity contribution in [2.45, 2.75) is 51.6 Å². The van der Waals surface area contributed by atoms with Crippen LogP contribution in [0, 0.1) is 0 Å². The number of halogens is 1. The van der Waals surface area contributed by atoms with Crippen LogP contribution in [0.25, 0.3) is 0 Å². The Bertz CT molecular complexity index is 364. The van der Waals surface area contributed by atoms with E-state index >= 15 is 0 Å². The highest BCUT2D eigenvalue weighted by atomic mass is 79.9. The Morgan fingerprint density at radius 1 is 1.24 bits per heavy atom. The standard InChI is InChI=1S/C15H22BrN/c1-15(2,3)17-10-4-5-14(17)11-12-6-8-13(16)9-7-12/h6-9,14H,4-5,10-11H2,1-3H3. The highest BCUT2D eigenvalue weighted by Gasteiger charge is 2.32. The molecule has 17 heavy (non-hydrogen) atoms. The molecule has 1 unspecified atom stereocenters. The van der Waals surface area contributed by atoms with Crippen LogP contribution in [0.4, 0.5) is 0 Å². The summed E-state index contributed by atoms with van der Waals surface area (Å²) in [5, 5.41) is 0. The summed E-state index contributed by atoms with van der Waals surface area (Å²) in [6.07, 6.45) is 3.87. The van der Waals surface area contributed by atoms with E-state index in [1.54, 1.807) is 0 Å². The molecular formula is C15H22BrN. The zero-order valence-corrected chi connectivity index (χ0v) is 12.6. The topological polar surface area (TPSA) is 3.24 Å². The summed E-state index contributed by atoms with van der Waals surface area (Å²) in [5.74, 6) is 0. The fourth-order valence-corrected chi connectivity index (χ4v) is 3.09. The van der Waals surface area contributed by atoms with Gasteiger partial charge in [-0.3, -0.25) is 4.90 Å². The number of likely N-dealkylation sites (tertiary alicyclic amines) is 1. The lowest BCUT2D eigenvalue weighted by atomic mass is 9.99. The number of hydrogen-bond acceptors (Lipinski definition) is 1. The average molecular weight is 296 g/mol. The second-order valence-corrected chi connectivity index (χ2v) is 6.91. The largest absolute Gasteiger partial charge is 0.295 e. The first-order chi connectivity index (χ1) is 7.97. The predicted molar refractivity (Wildman–Crippen MR) is 77.3 cm³/mol. The maximum absolute atomic E-state index is 3.49. The van der Waals surface area contributed by atoms with Gasteiger partial charge in [-0.15, -0.1) is 0 Å². The first kappa shape index (κ1) is 13.1. The summed E-state index contributed by atoms with van der Waals surface area (Å²) >= 11 is 3.49. The second kappa shape index (κ2) is 5.11.